The van der Waals surface area contributed by atoms with E-state index < -0.39 is 5.82 Å². The molecular formula is C25H15FN. The molecule has 0 N–H and O–H groups in total. The van der Waals surface area contributed by atoms with Crippen LogP contribution >= 0.6 is 0 Å². The van der Waals surface area contributed by atoms with Crippen molar-refractivity contribution in [2.45, 2.75) is 0 Å². The molecule has 0 aliphatic carbocycles. The lowest BCUT2D eigenvalue weighted by Gasteiger charge is -2.15. The topological polar surface area (TPSA) is 23.8 Å². The monoisotopic (exact) mass is 348 g/mol. The number of hydrogen-bond acceptors (Lipinski definition) is 1. The molecule has 0 aliphatic rings. The highest BCUT2D eigenvalue weighted by Gasteiger charge is 2.21. The zero-order valence-electron chi connectivity index (χ0n) is 14.5. The number of rotatable bonds is 3. The molecule has 2 heteroatoms. The van der Waals surface area contributed by atoms with Crippen LogP contribution in [0, 0.1) is 23.2 Å². The zero-order valence-corrected chi connectivity index (χ0v) is 14.5. The lowest BCUT2D eigenvalue weighted by atomic mass is 9.87. The Bertz CT molecular complexity index is 1110. The van der Waals surface area contributed by atoms with E-state index in [4.69, 9.17) is 0 Å². The summed E-state index contributed by atoms with van der Waals surface area (Å²) in [7, 11) is 0. The van der Waals surface area contributed by atoms with Crippen LogP contribution in [0.25, 0.3) is 33.4 Å². The van der Waals surface area contributed by atoms with E-state index in [1.807, 2.05) is 91.0 Å². The fraction of sp³-hybridized carbons (Fsp3) is 0. The summed E-state index contributed by atoms with van der Waals surface area (Å²) in [5, 5.41) is 9.87. The Balaban J connectivity index is 2.10. The molecule has 1 nitrogen and oxygen atoms in total. The summed E-state index contributed by atoms with van der Waals surface area (Å²) < 4.78 is 15.6. The van der Waals surface area contributed by atoms with Crippen LogP contribution in [-0.2, 0) is 0 Å². The normalized spacial score (nSPS) is 10.4. The van der Waals surface area contributed by atoms with Gasteiger partial charge >= 0.3 is 0 Å². The average Bonchev–Trinajstić information content (AvgIpc) is 2.75. The number of halogens is 1. The maximum atomic E-state index is 15.6. The summed E-state index contributed by atoms with van der Waals surface area (Å²) in [5.74, 6) is -0.427. The Kier molecular flexibility index (Phi) is 4.51. The Morgan fingerprint density at radius 1 is 0.630 bits per heavy atom. The van der Waals surface area contributed by atoms with Crippen LogP contribution in [0.4, 0.5) is 4.39 Å². The molecule has 1 radical (unpaired) electrons. The van der Waals surface area contributed by atoms with Crippen molar-refractivity contribution < 1.29 is 4.39 Å². The van der Waals surface area contributed by atoms with Gasteiger partial charge in [0.15, 0.2) is 0 Å². The highest BCUT2D eigenvalue weighted by molar-refractivity contribution is 5.87. The van der Waals surface area contributed by atoms with Crippen LogP contribution in [0.2, 0.25) is 0 Å². The van der Waals surface area contributed by atoms with Crippen molar-refractivity contribution in [3.8, 4) is 39.4 Å². The van der Waals surface area contributed by atoms with Crippen molar-refractivity contribution >= 4 is 0 Å². The van der Waals surface area contributed by atoms with Crippen LogP contribution in [0.1, 0.15) is 5.56 Å². The van der Waals surface area contributed by atoms with Crippen molar-refractivity contribution in [3.05, 3.63) is 108 Å². The van der Waals surface area contributed by atoms with Crippen molar-refractivity contribution in [3.63, 3.8) is 0 Å². The van der Waals surface area contributed by atoms with Gasteiger partial charge in [0, 0.05) is 22.8 Å². The van der Waals surface area contributed by atoms with Gasteiger partial charge in [-0.25, -0.2) is 4.39 Å². The number of nitriles is 1. The second kappa shape index (κ2) is 7.27. The molecule has 0 saturated heterocycles. The Labute approximate surface area is 158 Å². The fourth-order valence-corrected chi connectivity index (χ4v) is 3.21. The zero-order chi connectivity index (χ0) is 18.6. The minimum Gasteiger partial charge on any atom is -0.206 e. The quantitative estimate of drug-likeness (QED) is 0.414. The SMILES string of the molecule is N#Cc1c(-c2ccccc2)[c]c(-c2ccccc2)c(F)c1-c1ccccc1. The molecule has 4 rings (SSSR count). The lowest BCUT2D eigenvalue weighted by molar-refractivity contribution is 0.634. The van der Waals surface area contributed by atoms with Crippen LogP contribution < -0.4 is 0 Å². The lowest BCUT2D eigenvalue weighted by Crippen LogP contribution is -1.98. The first-order valence-corrected chi connectivity index (χ1v) is 8.64. The molecule has 127 valence electrons. The number of benzene rings is 4. The van der Waals surface area contributed by atoms with Gasteiger partial charge in [-0.05, 0) is 16.7 Å². The summed E-state index contributed by atoms with van der Waals surface area (Å²) >= 11 is 0. The van der Waals surface area contributed by atoms with E-state index in [0.717, 1.165) is 11.1 Å². The first-order chi connectivity index (χ1) is 13.3. The van der Waals surface area contributed by atoms with E-state index in [0.29, 0.717) is 27.8 Å². The standard InChI is InChI=1S/C25H15FN/c26-25-22(19-12-6-2-7-13-19)16-21(18-10-4-1-5-11-18)23(17-27)24(25)20-14-8-3-9-15-20/h1-15H. The Morgan fingerprint density at radius 3 is 1.56 bits per heavy atom. The first-order valence-electron chi connectivity index (χ1n) is 8.64. The van der Waals surface area contributed by atoms with Gasteiger partial charge in [0.25, 0.3) is 0 Å². The third-order valence-corrected chi connectivity index (χ3v) is 4.49. The van der Waals surface area contributed by atoms with Gasteiger partial charge in [-0.1, -0.05) is 91.0 Å². The second-order valence-corrected chi connectivity index (χ2v) is 6.15. The maximum absolute atomic E-state index is 15.6. The molecule has 4 aromatic rings. The Morgan fingerprint density at radius 2 is 1.07 bits per heavy atom. The average molecular weight is 348 g/mol. The molecule has 0 aliphatic heterocycles. The van der Waals surface area contributed by atoms with Crippen LogP contribution in [0.15, 0.2) is 91.0 Å². The molecular weight excluding hydrogens is 333 g/mol. The summed E-state index contributed by atoms with van der Waals surface area (Å²) in [5.41, 5.74) is 3.83. The molecule has 0 heterocycles. The van der Waals surface area contributed by atoms with Gasteiger partial charge < -0.3 is 0 Å². The number of nitrogens with zero attached hydrogens (tertiary/aromatic N) is 1. The fourth-order valence-electron chi connectivity index (χ4n) is 3.21. The highest BCUT2D eigenvalue weighted by Crippen LogP contribution is 2.39. The molecule has 0 spiro atoms. The summed E-state index contributed by atoms with van der Waals surface area (Å²) in [6, 6.07) is 33.5. The summed E-state index contributed by atoms with van der Waals surface area (Å²) in [6.45, 7) is 0. The molecule has 27 heavy (non-hydrogen) atoms. The van der Waals surface area contributed by atoms with Crippen molar-refractivity contribution in [1.82, 2.24) is 0 Å². The predicted molar refractivity (Wildman–Crippen MR) is 106 cm³/mol. The predicted octanol–water partition coefficient (Wildman–Crippen LogP) is 6.50. The Hall–Kier alpha value is -3.70. The molecule has 0 saturated carbocycles. The van der Waals surface area contributed by atoms with Gasteiger partial charge in [-0.2, -0.15) is 5.26 Å². The van der Waals surface area contributed by atoms with E-state index >= 15 is 4.39 Å². The first kappa shape index (κ1) is 16.8. The maximum Gasteiger partial charge on any atom is 0.140 e. The van der Waals surface area contributed by atoms with Gasteiger partial charge in [0.2, 0.25) is 0 Å². The van der Waals surface area contributed by atoms with Crippen molar-refractivity contribution in [2.75, 3.05) is 0 Å². The van der Waals surface area contributed by atoms with Crippen LogP contribution in [0.3, 0.4) is 0 Å². The summed E-state index contributed by atoms with van der Waals surface area (Å²) in [4.78, 5) is 0. The van der Waals surface area contributed by atoms with Gasteiger partial charge in [-0.15, -0.1) is 0 Å². The molecule has 0 atom stereocenters. The third kappa shape index (κ3) is 3.12. The van der Waals surface area contributed by atoms with E-state index in [1.54, 1.807) is 0 Å². The largest absolute Gasteiger partial charge is 0.206 e. The minimum absolute atomic E-state index is 0.296. The van der Waals surface area contributed by atoms with Gasteiger partial charge in [-0.3, -0.25) is 0 Å². The molecule has 0 unspecified atom stereocenters. The molecule has 0 amide bonds. The number of hydrogen-bond donors (Lipinski definition) is 0. The van der Waals surface area contributed by atoms with E-state index in [9.17, 15) is 5.26 Å². The van der Waals surface area contributed by atoms with Crippen molar-refractivity contribution in [1.29, 1.82) is 5.26 Å². The molecule has 0 fully saturated rings. The van der Waals surface area contributed by atoms with Gasteiger partial charge in [0.1, 0.15) is 11.9 Å². The van der Waals surface area contributed by atoms with Gasteiger partial charge in [0.05, 0.1) is 5.56 Å². The third-order valence-electron chi connectivity index (χ3n) is 4.49. The summed E-state index contributed by atoms with van der Waals surface area (Å²) in [6.07, 6.45) is 0. The smallest absolute Gasteiger partial charge is 0.140 e. The molecule has 4 aromatic carbocycles. The van der Waals surface area contributed by atoms with E-state index in [2.05, 4.69) is 12.1 Å². The van der Waals surface area contributed by atoms with Crippen molar-refractivity contribution in [2.24, 2.45) is 0 Å². The van der Waals surface area contributed by atoms with Crippen LogP contribution in [-0.4, -0.2) is 0 Å². The van der Waals surface area contributed by atoms with Crippen LogP contribution in [0.5, 0.6) is 0 Å². The minimum atomic E-state index is -0.427. The second-order valence-electron chi connectivity index (χ2n) is 6.15. The molecule has 0 bridgehead atoms. The van der Waals surface area contributed by atoms with E-state index in [-0.39, 0.29) is 0 Å². The highest BCUT2D eigenvalue weighted by atomic mass is 19.1. The van der Waals surface area contributed by atoms with E-state index in [1.165, 1.54) is 0 Å². The molecule has 0 aromatic heterocycles.